The number of hydrogen-bond acceptors (Lipinski definition) is 7. The minimum Gasteiger partial charge on any atom is -0.497 e. The third kappa shape index (κ3) is 7.35. The zero-order valence-electron chi connectivity index (χ0n) is 16.0. The van der Waals surface area contributed by atoms with Crippen molar-refractivity contribution in [2.75, 3.05) is 19.0 Å². The first-order valence-corrected chi connectivity index (χ1v) is 10.1. The molecule has 0 aromatic heterocycles. The maximum Gasteiger partial charge on any atom is 0.446 e. The van der Waals surface area contributed by atoms with Crippen molar-refractivity contribution in [3.8, 4) is 11.5 Å². The molecule has 0 radical (unpaired) electrons. The molecular formula is C19H24N2O7S. The molecule has 0 fully saturated rings. The van der Waals surface area contributed by atoms with E-state index in [1.54, 1.807) is 7.11 Å². The molecule has 2 unspecified atom stereocenters. The number of aliphatic hydroxyl groups is 1. The van der Waals surface area contributed by atoms with Crippen LogP contribution in [0.25, 0.3) is 0 Å². The highest BCUT2D eigenvalue weighted by atomic mass is 32.3. The van der Waals surface area contributed by atoms with Crippen LogP contribution < -0.4 is 19.6 Å². The fourth-order valence-electron chi connectivity index (χ4n) is 2.74. The van der Waals surface area contributed by atoms with Gasteiger partial charge in [0, 0.05) is 12.6 Å². The highest BCUT2D eigenvalue weighted by molar-refractivity contribution is 7.81. The molecule has 2 atom stereocenters. The molecule has 0 bridgehead atoms. The number of nitrogens with one attached hydrogen (secondary N) is 2. The summed E-state index contributed by atoms with van der Waals surface area (Å²) in [6.07, 6.45) is 0.160. The van der Waals surface area contributed by atoms with Crippen LogP contribution in [0.15, 0.2) is 42.5 Å². The summed E-state index contributed by atoms with van der Waals surface area (Å²) < 4.78 is 40.1. The molecule has 0 aliphatic carbocycles. The van der Waals surface area contributed by atoms with Gasteiger partial charge in [-0.15, -0.1) is 0 Å². The van der Waals surface area contributed by atoms with Crippen molar-refractivity contribution in [2.45, 2.75) is 25.5 Å². The molecule has 4 N–H and O–H groups in total. The Morgan fingerprint density at radius 2 is 1.86 bits per heavy atom. The number of anilines is 1. The maximum atomic E-state index is 10.9. The van der Waals surface area contributed by atoms with Gasteiger partial charge in [0.2, 0.25) is 6.41 Å². The van der Waals surface area contributed by atoms with Crippen LogP contribution in [0.2, 0.25) is 0 Å². The smallest absolute Gasteiger partial charge is 0.446 e. The highest BCUT2D eigenvalue weighted by Crippen LogP contribution is 2.29. The average Bonchev–Trinajstić information content (AvgIpc) is 2.67. The van der Waals surface area contributed by atoms with Gasteiger partial charge in [-0.25, -0.2) is 0 Å². The molecule has 0 saturated heterocycles. The topological polar surface area (TPSA) is 134 Å². The summed E-state index contributed by atoms with van der Waals surface area (Å²) in [6.45, 7) is 2.22. The number of rotatable bonds is 11. The Morgan fingerprint density at radius 3 is 2.45 bits per heavy atom. The fraction of sp³-hybridized carbons (Fsp3) is 0.316. The number of aliphatic hydroxyl groups excluding tert-OH is 1. The van der Waals surface area contributed by atoms with Crippen molar-refractivity contribution in [3.05, 3.63) is 53.6 Å². The zero-order chi connectivity index (χ0) is 21.4. The summed E-state index contributed by atoms with van der Waals surface area (Å²) >= 11 is 0. The number of carbonyl (C=O) groups is 1. The number of amides is 1. The van der Waals surface area contributed by atoms with Crippen molar-refractivity contribution >= 4 is 22.5 Å². The van der Waals surface area contributed by atoms with Gasteiger partial charge in [0.25, 0.3) is 0 Å². The van der Waals surface area contributed by atoms with Gasteiger partial charge >= 0.3 is 10.4 Å². The fourth-order valence-corrected chi connectivity index (χ4v) is 3.11. The van der Waals surface area contributed by atoms with E-state index in [4.69, 9.17) is 9.29 Å². The molecule has 9 nitrogen and oxygen atoms in total. The van der Waals surface area contributed by atoms with Crippen molar-refractivity contribution in [1.82, 2.24) is 5.32 Å². The quantitative estimate of drug-likeness (QED) is 0.316. The molecule has 10 heteroatoms. The zero-order valence-corrected chi connectivity index (χ0v) is 16.8. The minimum absolute atomic E-state index is 0.000423. The van der Waals surface area contributed by atoms with E-state index in [2.05, 4.69) is 14.8 Å². The van der Waals surface area contributed by atoms with E-state index in [9.17, 15) is 18.3 Å². The summed E-state index contributed by atoms with van der Waals surface area (Å²) in [6, 6.07) is 11.8. The molecule has 2 aromatic rings. The van der Waals surface area contributed by atoms with E-state index in [-0.39, 0.29) is 24.0 Å². The summed E-state index contributed by atoms with van der Waals surface area (Å²) in [5, 5.41) is 15.9. The van der Waals surface area contributed by atoms with E-state index in [1.165, 1.54) is 18.2 Å². The number of hydrogen-bond donors (Lipinski definition) is 4. The predicted molar refractivity (Wildman–Crippen MR) is 107 cm³/mol. The van der Waals surface area contributed by atoms with E-state index >= 15 is 0 Å². The van der Waals surface area contributed by atoms with Crippen LogP contribution in [0.4, 0.5) is 5.69 Å². The average molecular weight is 424 g/mol. The molecule has 2 aromatic carbocycles. The first-order chi connectivity index (χ1) is 13.7. The Balaban J connectivity index is 1.98. The van der Waals surface area contributed by atoms with Crippen molar-refractivity contribution in [2.24, 2.45) is 0 Å². The first kappa shape index (κ1) is 22.6. The lowest BCUT2D eigenvalue weighted by Crippen LogP contribution is -2.32. The predicted octanol–water partition coefficient (Wildman–Crippen LogP) is 1.70. The van der Waals surface area contributed by atoms with Gasteiger partial charge < -0.3 is 24.7 Å². The van der Waals surface area contributed by atoms with Crippen LogP contribution in [-0.4, -0.2) is 44.2 Å². The second kappa shape index (κ2) is 10.2. The third-order valence-electron chi connectivity index (χ3n) is 4.16. The normalized spacial score (nSPS) is 13.4. The SMILES string of the molecule is COc1ccc(CC(C)NCC(O)c2ccc(OS(=O)(=O)O)c(NC=O)c2)cc1. The lowest BCUT2D eigenvalue weighted by atomic mass is 10.1. The molecule has 158 valence electrons. The van der Waals surface area contributed by atoms with Crippen LogP contribution in [0, 0.1) is 0 Å². The Hall–Kier alpha value is -2.66. The molecule has 2 rings (SSSR count). The third-order valence-corrected chi connectivity index (χ3v) is 4.55. The van der Waals surface area contributed by atoms with Gasteiger partial charge in [0.1, 0.15) is 5.75 Å². The van der Waals surface area contributed by atoms with Gasteiger partial charge in [-0.05, 0) is 48.7 Å². The lowest BCUT2D eigenvalue weighted by Gasteiger charge is -2.19. The monoisotopic (exact) mass is 424 g/mol. The van der Waals surface area contributed by atoms with E-state index in [0.29, 0.717) is 12.0 Å². The molecule has 0 aliphatic heterocycles. The Morgan fingerprint density at radius 1 is 1.17 bits per heavy atom. The van der Waals surface area contributed by atoms with Crippen molar-refractivity contribution in [3.63, 3.8) is 0 Å². The van der Waals surface area contributed by atoms with E-state index in [1.807, 2.05) is 31.2 Å². The van der Waals surface area contributed by atoms with Gasteiger partial charge in [-0.2, -0.15) is 8.42 Å². The molecular weight excluding hydrogens is 400 g/mol. The van der Waals surface area contributed by atoms with Gasteiger partial charge in [-0.1, -0.05) is 18.2 Å². The van der Waals surface area contributed by atoms with Crippen LogP contribution in [0.1, 0.15) is 24.2 Å². The molecule has 0 saturated carbocycles. The summed E-state index contributed by atoms with van der Waals surface area (Å²) in [5.41, 5.74) is 1.55. The number of benzene rings is 2. The van der Waals surface area contributed by atoms with Crippen molar-refractivity contribution < 1.29 is 31.8 Å². The summed E-state index contributed by atoms with van der Waals surface area (Å²) in [5.74, 6) is 0.516. The molecule has 0 spiro atoms. The largest absolute Gasteiger partial charge is 0.497 e. The Bertz CT molecular complexity index is 917. The maximum absolute atomic E-state index is 10.9. The van der Waals surface area contributed by atoms with Gasteiger partial charge in [0.05, 0.1) is 18.9 Å². The van der Waals surface area contributed by atoms with Crippen LogP contribution >= 0.6 is 0 Å². The first-order valence-electron chi connectivity index (χ1n) is 8.77. The molecule has 0 heterocycles. The number of carbonyl (C=O) groups excluding carboxylic acids is 1. The van der Waals surface area contributed by atoms with Crippen LogP contribution in [0.3, 0.4) is 0 Å². The standard InChI is InChI=1S/C19H24N2O7S/c1-13(9-14-3-6-16(27-2)7-4-14)20-11-18(23)15-5-8-19(28-29(24,25)26)17(10-15)21-12-22/h3-8,10,12-13,18,20,23H,9,11H2,1-2H3,(H,21,22)(H,24,25,26). The summed E-state index contributed by atoms with van der Waals surface area (Å²) in [7, 11) is -3.14. The van der Waals surface area contributed by atoms with Gasteiger partial charge in [0.15, 0.2) is 5.75 Å². The lowest BCUT2D eigenvalue weighted by molar-refractivity contribution is -0.105. The Kier molecular flexibility index (Phi) is 7.97. The van der Waals surface area contributed by atoms with E-state index < -0.39 is 16.5 Å². The van der Waals surface area contributed by atoms with Gasteiger partial charge in [-0.3, -0.25) is 9.35 Å². The van der Waals surface area contributed by atoms with Crippen molar-refractivity contribution in [1.29, 1.82) is 0 Å². The van der Waals surface area contributed by atoms with E-state index in [0.717, 1.165) is 17.7 Å². The Labute approximate surface area is 169 Å². The minimum atomic E-state index is -4.75. The molecule has 29 heavy (non-hydrogen) atoms. The highest BCUT2D eigenvalue weighted by Gasteiger charge is 2.16. The van der Waals surface area contributed by atoms with Crippen LogP contribution in [-0.2, 0) is 21.6 Å². The molecule has 0 aliphatic rings. The number of ether oxygens (including phenoxy) is 1. The number of methoxy groups -OCH3 is 1. The summed E-state index contributed by atoms with van der Waals surface area (Å²) in [4.78, 5) is 10.7. The second-order valence-corrected chi connectivity index (χ2v) is 7.43. The second-order valence-electron chi connectivity index (χ2n) is 6.41. The molecule has 1 amide bonds. The van der Waals surface area contributed by atoms with Crippen LogP contribution in [0.5, 0.6) is 11.5 Å².